The zero-order valence-electron chi connectivity index (χ0n) is 16.2. The molecule has 0 unspecified atom stereocenters. The number of fused-ring (bicyclic) bond motifs is 1. The van der Waals surface area contributed by atoms with Crippen LogP contribution in [0.25, 0.3) is 10.9 Å². The summed E-state index contributed by atoms with van der Waals surface area (Å²) in [6.45, 7) is 11.3. The molecule has 1 aliphatic carbocycles. The van der Waals surface area contributed by atoms with Gasteiger partial charge in [0, 0.05) is 6.54 Å². The summed E-state index contributed by atoms with van der Waals surface area (Å²) in [5.41, 5.74) is 1.71. The largest absolute Gasteiger partial charge is 0.335 e. The molecule has 26 heavy (non-hydrogen) atoms. The first-order valence-electron chi connectivity index (χ1n) is 9.17. The summed E-state index contributed by atoms with van der Waals surface area (Å²) in [7, 11) is 0. The molecular weight excluding hydrogens is 326 g/mol. The molecule has 3 rings (SSSR count). The van der Waals surface area contributed by atoms with E-state index in [1.165, 1.54) is 5.57 Å². The van der Waals surface area contributed by atoms with Crippen molar-refractivity contribution in [3.8, 4) is 0 Å². The van der Waals surface area contributed by atoms with E-state index < -0.39 is 0 Å². The number of aromatic amines is 1. The lowest BCUT2D eigenvalue weighted by Crippen LogP contribution is -2.34. The molecule has 1 fully saturated rings. The molecule has 1 aromatic heterocycles. The van der Waals surface area contributed by atoms with E-state index in [1.54, 1.807) is 11.0 Å². The summed E-state index contributed by atoms with van der Waals surface area (Å²) < 4.78 is 0. The predicted molar refractivity (Wildman–Crippen MR) is 104 cm³/mol. The van der Waals surface area contributed by atoms with Crippen molar-refractivity contribution in [1.29, 1.82) is 0 Å². The van der Waals surface area contributed by atoms with E-state index in [1.807, 2.05) is 25.1 Å². The van der Waals surface area contributed by atoms with Crippen LogP contribution in [0, 0.1) is 17.3 Å². The molecule has 2 atom stereocenters. The highest BCUT2D eigenvalue weighted by Crippen LogP contribution is 2.60. The van der Waals surface area contributed by atoms with Crippen LogP contribution in [0.4, 0.5) is 0 Å². The molecule has 0 saturated heterocycles. The van der Waals surface area contributed by atoms with Gasteiger partial charge in [0.1, 0.15) is 5.82 Å². The number of hydrogen-bond acceptors (Lipinski definition) is 3. The molecule has 1 amide bonds. The molecule has 1 aromatic carbocycles. The number of H-pyrrole nitrogens is 1. The quantitative estimate of drug-likeness (QED) is 0.837. The Morgan fingerprint density at radius 1 is 1.31 bits per heavy atom. The van der Waals surface area contributed by atoms with Crippen molar-refractivity contribution >= 4 is 16.8 Å². The highest BCUT2D eigenvalue weighted by atomic mass is 16.2. The molecule has 1 saturated carbocycles. The van der Waals surface area contributed by atoms with Crippen LogP contribution in [0.1, 0.15) is 40.4 Å². The minimum Gasteiger partial charge on any atom is -0.335 e. The Kier molecular flexibility index (Phi) is 4.74. The van der Waals surface area contributed by atoms with E-state index in [9.17, 15) is 9.59 Å². The van der Waals surface area contributed by atoms with E-state index in [2.05, 4.69) is 43.7 Å². The zero-order valence-corrected chi connectivity index (χ0v) is 16.2. The van der Waals surface area contributed by atoms with Crippen LogP contribution in [0.3, 0.4) is 0 Å². The summed E-state index contributed by atoms with van der Waals surface area (Å²) in [6.07, 6.45) is 2.20. The summed E-state index contributed by atoms with van der Waals surface area (Å²) in [5, 5.41) is 0.567. The number of carbonyl (C=O) groups excluding carboxylic acids is 1. The molecule has 5 nitrogen and oxygen atoms in total. The second-order valence-corrected chi connectivity index (χ2v) is 7.95. The maximum Gasteiger partial charge on any atom is 0.258 e. The molecule has 1 N–H and O–H groups in total. The number of hydrogen-bond donors (Lipinski definition) is 1. The third-order valence-corrected chi connectivity index (χ3v) is 5.39. The number of benzene rings is 1. The highest BCUT2D eigenvalue weighted by molar-refractivity contribution is 5.84. The van der Waals surface area contributed by atoms with Gasteiger partial charge in [-0.3, -0.25) is 9.59 Å². The Balaban J connectivity index is 1.83. The predicted octanol–water partition coefficient (Wildman–Crippen LogP) is 3.51. The third kappa shape index (κ3) is 3.30. The van der Waals surface area contributed by atoms with Crippen molar-refractivity contribution in [3.63, 3.8) is 0 Å². The summed E-state index contributed by atoms with van der Waals surface area (Å²) in [6, 6.07) is 7.25. The second-order valence-electron chi connectivity index (χ2n) is 7.95. The summed E-state index contributed by atoms with van der Waals surface area (Å²) >= 11 is 0. The van der Waals surface area contributed by atoms with Gasteiger partial charge in [0.2, 0.25) is 5.91 Å². The molecular formula is C21H27N3O2. The standard InChI is InChI=1S/C21H27N3O2/c1-6-24(20(26)18-15(11-13(2)3)21(18,4)5)12-17-22-16-10-8-7-9-14(16)19(25)23-17/h7-11,15,18H,6,12H2,1-5H3,(H,22,23,25)/t15-,18-/m0/s1. The van der Waals surface area contributed by atoms with Crippen LogP contribution in [-0.4, -0.2) is 27.3 Å². The molecule has 1 heterocycles. The number of nitrogens with one attached hydrogen (secondary N) is 1. The third-order valence-electron chi connectivity index (χ3n) is 5.39. The van der Waals surface area contributed by atoms with Crippen molar-refractivity contribution in [2.75, 3.05) is 6.54 Å². The fourth-order valence-electron chi connectivity index (χ4n) is 3.75. The molecule has 1 aliphatic rings. The number of amides is 1. The van der Waals surface area contributed by atoms with Crippen molar-refractivity contribution in [3.05, 3.63) is 52.1 Å². The molecule has 2 aromatic rings. The summed E-state index contributed by atoms with van der Waals surface area (Å²) in [4.78, 5) is 34.5. The lowest BCUT2D eigenvalue weighted by molar-refractivity contribution is -0.134. The van der Waals surface area contributed by atoms with Gasteiger partial charge in [0.05, 0.1) is 23.4 Å². The van der Waals surface area contributed by atoms with Gasteiger partial charge in [-0.15, -0.1) is 0 Å². The smallest absolute Gasteiger partial charge is 0.258 e. The molecule has 138 valence electrons. The monoisotopic (exact) mass is 353 g/mol. The van der Waals surface area contributed by atoms with E-state index in [4.69, 9.17) is 0 Å². The molecule has 0 aliphatic heterocycles. The Morgan fingerprint density at radius 2 is 2.00 bits per heavy atom. The number of rotatable bonds is 5. The number of carbonyl (C=O) groups is 1. The fourth-order valence-corrected chi connectivity index (χ4v) is 3.75. The van der Waals surface area contributed by atoms with Gasteiger partial charge in [0.25, 0.3) is 5.56 Å². The molecule has 0 spiro atoms. The fraction of sp³-hybridized carbons (Fsp3) is 0.476. The molecule has 5 heteroatoms. The SMILES string of the molecule is CCN(Cc1nc2ccccc2c(=O)[nH]1)C(=O)[C@@H]1[C@H](C=C(C)C)C1(C)C. The Bertz CT molecular complexity index is 922. The van der Waals surface area contributed by atoms with Crippen molar-refractivity contribution in [1.82, 2.24) is 14.9 Å². The maximum atomic E-state index is 13.1. The first-order chi connectivity index (χ1) is 12.3. The number of para-hydroxylation sites is 1. The Morgan fingerprint density at radius 3 is 2.65 bits per heavy atom. The van der Waals surface area contributed by atoms with Gasteiger partial charge in [0.15, 0.2) is 0 Å². The summed E-state index contributed by atoms with van der Waals surface area (Å²) in [5.74, 6) is 0.930. The van der Waals surface area contributed by atoms with Gasteiger partial charge in [-0.1, -0.05) is 37.6 Å². The van der Waals surface area contributed by atoms with E-state index in [-0.39, 0.29) is 28.7 Å². The van der Waals surface area contributed by atoms with Crippen molar-refractivity contribution in [2.24, 2.45) is 17.3 Å². The van der Waals surface area contributed by atoms with Crippen molar-refractivity contribution < 1.29 is 4.79 Å². The Labute approximate surface area is 154 Å². The minimum atomic E-state index is -0.164. The lowest BCUT2D eigenvalue weighted by Gasteiger charge is -2.21. The van der Waals surface area contributed by atoms with Crippen LogP contribution in [0.2, 0.25) is 0 Å². The van der Waals surface area contributed by atoms with E-state index >= 15 is 0 Å². The first-order valence-corrected chi connectivity index (χ1v) is 9.17. The maximum absolute atomic E-state index is 13.1. The van der Waals surface area contributed by atoms with Gasteiger partial charge in [-0.25, -0.2) is 4.98 Å². The highest BCUT2D eigenvalue weighted by Gasteiger charge is 2.61. The lowest BCUT2D eigenvalue weighted by atomic mass is 10.1. The van der Waals surface area contributed by atoms with Crippen LogP contribution in [0.5, 0.6) is 0 Å². The van der Waals surface area contributed by atoms with Gasteiger partial charge in [-0.05, 0) is 44.2 Å². The van der Waals surface area contributed by atoms with E-state index in [0.717, 1.165) is 0 Å². The minimum absolute atomic E-state index is 0.00970. The topological polar surface area (TPSA) is 66.1 Å². The van der Waals surface area contributed by atoms with Gasteiger partial charge in [-0.2, -0.15) is 0 Å². The normalized spacial score (nSPS) is 20.7. The molecule has 0 radical (unpaired) electrons. The van der Waals surface area contributed by atoms with Crippen LogP contribution >= 0.6 is 0 Å². The number of aromatic nitrogens is 2. The van der Waals surface area contributed by atoms with Crippen LogP contribution < -0.4 is 5.56 Å². The average Bonchev–Trinajstić information content (AvgIpc) is 3.11. The van der Waals surface area contributed by atoms with Crippen molar-refractivity contribution in [2.45, 2.75) is 41.2 Å². The number of allylic oxidation sites excluding steroid dienone is 2. The average molecular weight is 353 g/mol. The van der Waals surface area contributed by atoms with Crippen LogP contribution in [0.15, 0.2) is 40.7 Å². The zero-order chi connectivity index (χ0) is 19.1. The first kappa shape index (κ1) is 18.4. The Hall–Kier alpha value is -2.43. The van der Waals surface area contributed by atoms with E-state index in [0.29, 0.717) is 29.8 Å². The second kappa shape index (κ2) is 6.71. The van der Waals surface area contributed by atoms with Gasteiger partial charge < -0.3 is 9.88 Å². The van der Waals surface area contributed by atoms with Gasteiger partial charge >= 0.3 is 0 Å². The molecule has 0 bridgehead atoms. The van der Waals surface area contributed by atoms with Crippen LogP contribution in [-0.2, 0) is 11.3 Å². The number of nitrogens with zero attached hydrogens (tertiary/aromatic N) is 2.